The number of amides is 1. The van der Waals surface area contributed by atoms with E-state index < -0.39 is 22.6 Å². The summed E-state index contributed by atoms with van der Waals surface area (Å²) in [5.74, 6) is 0.255. The molecule has 0 bridgehead atoms. The number of halogens is 3. The minimum atomic E-state index is -4.55. The number of nitro benzene ring substituents is 1. The Hall–Kier alpha value is -3.90. The highest BCUT2D eigenvalue weighted by molar-refractivity contribution is 8.27. The van der Waals surface area contributed by atoms with Crippen molar-refractivity contribution in [3.05, 3.63) is 98.4 Å². The number of nitro groups is 1. The number of nitrogens with zero attached hydrogens (tertiary/aromatic N) is 2. The predicted molar refractivity (Wildman–Crippen MR) is 138 cm³/mol. The van der Waals surface area contributed by atoms with Crippen molar-refractivity contribution in [3.8, 4) is 11.5 Å². The minimum Gasteiger partial charge on any atom is -0.493 e. The van der Waals surface area contributed by atoms with Gasteiger partial charge in [-0.2, -0.15) is 13.2 Å². The van der Waals surface area contributed by atoms with Gasteiger partial charge in [0.2, 0.25) is 0 Å². The zero-order valence-electron chi connectivity index (χ0n) is 19.0. The van der Waals surface area contributed by atoms with Gasteiger partial charge in [0, 0.05) is 12.1 Å². The average Bonchev–Trinajstić information content (AvgIpc) is 3.15. The van der Waals surface area contributed by atoms with Gasteiger partial charge in [0.05, 0.1) is 28.2 Å². The van der Waals surface area contributed by atoms with Crippen molar-refractivity contribution in [1.29, 1.82) is 0 Å². The van der Waals surface area contributed by atoms with Crippen molar-refractivity contribution >= 4 is 51.7 Å². The molecule has 1 heterocycles. The van der Waals surface area contributed by atoms with Crippen LogP contribution in [0.5, 0.6) is 11.5 Å². The second-order valence-corrected chi connectivity index (χ2v) is 9.36. The minimum absolute atomic E-state index is 0.0239. The summed E-state index contributed by atoms with van der Waals surface area (Å²) in [6.07, 6.45) is -2.99. The molecule has 1 fully saturated rings. The molecule has 3 aromatic rings. The highest BCUT2D eigenvalue weighted by Gasteiger charge is 2.36. The molecule has 1 aliphatic heterocycles. The number of thiocarbonyl (C=S) groups is 1. The lowest BCUT2D eigenvalue weighted by Crippen LogP contribution is -2.27. The molecule has 0 N–H and O–H groups in total. The van der Waals surface area contributed by atoms with Gasteiger partial charge in [-0.15, -0.1) is 0 Å². The molecule has 0 aliphatic carbocycles. The van der Waals surface area contributed by atoms with E-state index in [-0.39, 0.29) is 27.2 Å². The molecule has 0 spiro atoms. The number of non-ortho nitro benzene ring substituents is 1. The number of anilines is 1. The zero-order chi connectivity index (χ0) is 26.7. The lowest BCUT2D eigenvalue weighted by molar-refractivity contribution is -0.384. The first-order valence-electron chi connectivity index (χ1n) is 10.6. The third-order valence-corrected chi connectivity index (χ3v) is 6.55. The number of hydrogen-bond donors (Lipinski definition) is 0. The van der Waals surface area contributed by atoms with E-state index in [1.807, 2.05) is 0 Å². The fourth-order valence-electron chi connectivity index (χ4n) is 3.43. The number of benzene rings is 3. The van der Waals surface area contributed by atoms with Crippen molar-refractivity contribution in [3.63, 3.8) is 0 Å². The van der Waals surface area contributed by atoms with Crippen molar-refractivity contribution < 1.29 is 32.4 Å². The molecule has 0 saturated carbocycles. The van der Waals surface area contributed by atoms with Gasteiger partial charge in [0.25, 0.3) is 11.6 Å². The smallest absolute Gasteiger partial charge is 0.416 e. The Morgan fingerprint density at radius 3 is 2.46 bits per heavy atom. The Bertz CT molecular complexity index is 1410. The van der Waals surface area contributed by atoms with Gasteiger partial charge in [-0.3, -0.25) is 19.8 Å². The molecular formula is C25H17F3N2O5S2. The quantitative estimate of drug-likeness (QED) is 0.143. The molecule has 37 heavy (non-hydrogen) atoms. The number of carbonyl (C=O) groups is 1. The number of alkyl halides is 3. The van der Waals surface area contributed by atoms with Gasteiger partial charge in [-0.1, -0.05) is 36.1 Å². The van der Waals surface area contributed by atoms with Gasteiger partial charge in [-0.05, 0) is 59.7 Å². The largest absolute Gasteiger partial charge is 0.493 e. The lowest BCUT2D eigenvalue weighted by atomic mass is 10.1. The summed E-state index contributed by atoms with van der Waals surface area (Å²) in [5, 5.41) is 10.8. The molecule has 0 aromatic heterocycles. The molecule has 12 heteroatoms. The molecule has 0 atom stereocenters. The maximum Gasteiger partial charge on any atom is 0.416 e. The fourth-order valence-corrected chi connectivity index (χ4v) is 4.73. The predicted octanol–water partition coefficient (Wildman–Crippen LogP) is 6.61. The van der Waals surface area contributed by atoms with Crippen LogP contribution in [0.15, 0.2) is 71.6 Å². The summed E-state index contributed by atoms with van der Waals surface area (Å²) >= 11 is 6.25. The topological polar surface area (TPSA) is 81.9 Å². The fraction of sp³-hybridized carbons (Fsp3) is 0.120. The van der Waals surface area contributed by atoms with Gasteiger partial charge in [-0.25, -0.2) is 0 Å². The van der Waals surface area contributed by atoms with E-state index in [0.717, 1.165) is 34.4 Å². The zero-order valence-corrected chi connectivity index (χ0v) is 20.7. The van der Waals surface area contributed by atoms with Gasteiger partial charge in [0.1, 0.15) is 6.61 Å². The van der Waals surface area contributed by atoms with Crippen LogP contribution >= 0.6 is 24.0 Å². The molecule has 7 nitrogen and oxygen atoms in total. The van der Waals surface area contributed by atoms with E-state index in [4.69, 9.17) is 21.7 Å². The Labute approximate surface area is 218 Å². The van der Waals surface area contributed by atoms with Crippen LogP contribution in [0, 0.1) is 10.1 Å². The van der Waals surface area contributed by atoms with Gasteiger partial charge < -0.3 is 9.47 Å². The van der Waals surface area contributed by atoms with Crippen LogP contribution in [0.4, 0.5) is 24.5 Å². The van der Waals surface area contributed by atoms with Gasteiger partial charge in [0.15, 0.2) is 15.8 Å². The maximum atomic E-state index is 13.1. The number of thioether (sulfide) groups is 1. The Balaban J connectivity index is 1.51. The summed E-state index contributed by atoms with van der Waals surface area (Å²) in [6.45, 7) is 0.142. The van der Waals surface area contributed by atoms with Crippen LogP contribution in [-0.4, -0.2) is 22.3 Å². The van der Waals surface area contributed by atoms with E-state index in [2.05, 4.69) is 0 Å². The van der Waals surface area contributed by atoms with Crippen LogP contribution in [0.3, 0.4) is 0 Å². The lowest BCUT2D eigenvalue weighted by Gasteiger charge is -2.16. The molecule has 3 aromatic carbocycles. The molecule has 190 valence electrons. The molecule has 0 unspecified atom stereocenters. The molecule has 0 radical (unpaired) electrons. The first kappa shape index (κ1) is 26.2. The van der Waals surface area contributed by atoms with E-state index >= 15 is 0 Å². The normalized spacial score (nSPS) is 14.8. The van der Waals surface area contributed by atoms with Crippen molar-refractivity contribution in [2.75, 3.05) is 12.0 Å². The first-order valence-corrected chi connectivity index (χ1v) is 11.8. The SMILES string of the molecule is COc1cc(/C=C2/SC(=S)N(c3cccc(C(F)(F)F)c3)C2=O)ccc1OCc1ccc([N+](=O)[O-])cc1. The third-order valence-electron chi connectivity index (χ3n) is 5.25. The first-order chi connectivity index (χ1) is 17.6. The summed E-state index contributed by atoms with van der Waals surface area (Å²) in [6, 6.07) is 15.3. The Kier molecular flexibility index (Phi) is 7.50. The van der Waals surface area contributed by atoms with Crippen LogP contribution < -0.4 is 14.4 Å². The molecular weight excluding hydrogens is 529 g/mol. The summed E-state index contributed by atoms with van der Waals surface area (Å²) < 4.78 is 50.6. The highest BCUT2D eigenvalue weighted by Crippen LogP contribution is 2.39. The summed E-state index contributed by atoms with van der Waals surface area (Å²) in [4.78, 5) is 24.6. The van der Waals surface area contributed by atoms with E-state index in [0.29, 0.717) is 17.1 Å². The van der Waals surface area contributed by atoms with E-state index in [9.17, 15) is 28.1 Å². The van der Waals surface area contributed by atoms with Crippen LogP contribution in [0.2, 0.25) is 0 Å². The Morgan fingerprint density at radius 1 is 1.08 bits per heavy atom. The number of methoxy groups -OCH3 is 1. The molecule has 1 aliphatic rings. The molecule has 1 saturated heterocycles. The monoisotopic (exact) mass is 546 g/mol. The highest BCUT2D eigenvalue weighted by atomic mass is 32.2. The van der Waals surface area contributed by atoms with Crippen molar-refractivity contribution in [1.82, 2.24) is 0 Å². The Morgan fingerprint density at radius 2 is 1.81 bits per heavy atom. The number of hydrogen-bond acceptors (Lipinski definition) is 7. The standard InChI is InChI=1S/C25H17F3N2O5S2/c1-34-21-11-16(7-10-20(21)35-14-15-5-8-18(9-6-15)30(32)33)12-22-23(31)29(24(36)37-22)19-4-2-3-17(13-19)25(26,27)28/h2-13H,14H2,1H3/b22-12+. The number of carbonyl (C=O) groups excluding carboxylic acids is 1. The van der Waals surface area contributed by atoms with Crippen LogP contribution in [-0.2, 0) is 17.6 Å². The second-order valence-electron chi connectivity index (χ2n) is 7.69. The summed E-state index contributed by atoms with van der Waals surface area (Å²) in [7, 11) is 1.45. The van der Waals surface area contributed by atoms with Crippen molar-refractivity contribution in [2.45, 2.75) is 12.8 Å². The van der Waals surface area contributed by atoms with Crippen molar-refractivity contribution in [2.24, 2.45) is 0 Å². The molecule has 4 rings (SSSR count). The van der Waals surface area contributed by atoms with Crippen LogP contribution in [0.1, 0.15) is 16.7 Å². The van der Waals surface area contributed by atoms with E-state index in [1.54, 1.807) is 36.4 Å². The number of ether oxygens (including phenoxy) is 2. The number of rotatable bonds is 7. The van der Waals surface area contributed by atoms with Crippen LogP contribution in [0.25, 0.3) is 6.08 Å². The average molecular weight is 547 g/mol. The van der Waals surface area contributed by atoms with E-state index in [1.165, 1.54) is 31.4 Å². The third kappa shape index (κ3) is 5.92. The maximum absolute atomic E-state index is 13.1. The molecule has 1 amide bonds. The van der Waals surface area contributed by atoms with Gasteiger partial charge >= 0.3 is 6.18 Å². The second kappa shape index (κ2) is 10.6. The summed E-state index contributed by atoms with van der Waals surface area (Å²) in [5.41, 5.74) is 0.439.